The monoisotopic (exact) mass is 232 g/mol. The van der Waals surface area contributed by atoms with Crippen molar-refractivity contribution >= 4 is 5.91 Å². The van der Waals surface area contributed by atoms with Crippen molar-refractivity contribution in [2.24, 2.45) is 5.41 Å². The summed E-state index contributed by atoms with van der Waals surface area (Å²) in [7, 11) is 0. The van der Waals surface area contributed by atoms with E-state index < -0.39 is 5.41 Å². The Labute approximate surface area is 101 Å². The number of amides is 1. The standard InChI is InChI=1S/C13H16N2O2/c1-9-4-5-10(11(16)6-9)12(17)15-8-13(2,3)7-14/h4-6,16H,8H2,1-3H3,(H,15,17). The third-order valence-electron chi connectivity index (χ3n) is 2.39. The summed E-state index contributed by atoms with van der Waals surface area (Å²) >= 11 is 0. The van der Waals surface area contributed by atoms with Crippen LogP contribution in [0.3, 0.4) is 0 Å². The van der Waals surface area contributed by atoms with Crippen LogP contribution < -0.4 is 5.32 Å². The number of carbonyl (C=O) groups excluding carboxylic acids is 1. The maximum Gasteiger partial charge on any atom is 0.255 e. The van der Waals surface area contributed by atoms with Gasteiger partial charge in [-0.25, -0.2) is 0 Å². The van der Waals surface area contributed by atoms with Gasteiger partial charge in [0, 0.05) is 6.54 Å². The van der Waals surface area contributed by atoms with Gasteiger partial charge in [-0.05, 0) is 38.5 Å². The molecule has 1 aromatic rings. The first-order chi connectivity index (χ1) is 7.85. The molecule has 0 aliphatic rings. The Morgan fingerprint density at radius 1 is 1.53 bits per heavy atom. The fourth-order valence-electron chi connectivity index (χ4n) is 1.27. The fourth-order valence-corrected chi connectivity index (χ4v) is 1.27. The molecule has 17 heavy (non-hydrogen) atoms. The van der Waals surface area contributed by atoms with Crippen LogP contribution >= 0.6 is 0 Å². The molecule has 0 atom stereocenters. The second kappa shape index (κ2) is 4.88. The number of aryl methyl sites for hydroxylation is 1. The lowest BCUT2D eigenvalue weighted by atomic mass is 9.96. The van der Waals surface area contributed by atoms with E-state index in [0.29, 0.717) is 0 Å². The second-order valence-electron chi connectivity index (χ2n) is 4.70. The van der Waals surface area contributed by atoms with E-state index in [2.05, 4.69) is 11.4 Å². The van der Waals surface area contributed by atoms with E-state index >= 15 is 0 Å². The molecule has 90 valence electrons. The number of nitriles is 1. The molecule has 0 aromatic heterocycles. The first-order valence-electron chi connectivity index (χ1n) is 5.35. The topological polar surface area (TPSA) is 73.1 Å². The highest BCUT2D eigenvalue weighted by atomic mass is 16.3. The Kier molecular flexibility index (Phi) is 3.74. The van der Waals surface area contributed by atoms with E-state index in [4.69, 9.17) is 5.26 Å². The summed E-state index contributed by atoms with van der Waals surface area (Å²) in [4.78, 5) is 11.8. The minimum absolute atomic E-state index is 0.0442. The van der Waals surface area contributed by atoms with Crippen LogP contribution in [0.5, 0.6) is 5.75 Å². The van der Waals surface area contributed by atoms with Crippen LogP contribution in [0.25, 0.3) is 0 Å². The normalized spacial score (nSPS) is 10.7. The number of hydrogen-bond acceptors (Lipinski definition) is 3. The lowest BCUT2D eigenvalue weighted by Gasteiger charge is -2.16. The zero-order chi connectivity index (χ0) is 13.1. The van der Waals surface area contributed by atoms with Gasteiger partial charge in [-0.2, -0.15) is 5.26 Å². The zero-order valence-corrected chi connectivity index (χ0v) is 10.2. The van der Waals surface area contributed by atoms with Crippen molar-refractivity contribution in [3.8, 4) is 11.8 Å². The minimum Gasteiger partial charge on any atom is -0.507 e. The van der Waals surface area contributed by atoms with E-state index in [1.165, 1.54) is 6.07 Å². The number of nitrogens with one attached hydrogen (secondary N) is 1. The molecular weight excluding hydrogens is 216 g/mol. The molecule has 1 aromatic carbocycles. The fraction of sp³-hybridized carbons (Fsp3) is 0.385. The summed E-state index contributed by atoms with van der Waals surface area (Å²) in [6.07, 6.45) is 0. The highest BCUT2D eigenvalue weighted by molar-refractivity contribution is 5.96. The SMILES string of the molecule is Cc1ccc(C(=O)NCC(C)(C)C#N)c(O)c1. The zero-order valence-electron chi connectivity index (χ0n) is 10.2. The Morgan fingerprint density at radius 2 is 2.18 bits per heavy atom. The maximum absolute atomic E-state index is 11.8. The maximum atomic E-state index is 11.8. The van der Waals surface area contributed by atoms with Crippen LogP contribution in [0, 0.1) is 23.7 Å². The predicted octanol–water partition coefficient (Wildman–Crippen LogP) is 1.98. The number of aromatic hydroxyl groups is 1. The van der Waals surface area contributed by atoms with E-state index in [0.717, 1.165) is 5.56 Å². The number of benzene rings is 1. The quantitative estimate of drug-likeness (QED) is 0.836. The first-order valence-corrected chi connectivity index (χ1v) is 5.35. The van der Waals surface area contributed by atoms with Crippen molar-refractivity contribution in [1.29, 1.82) is 5.26 Å². The summed E-state index contributed by atoms with van der Waals surface area (Å²) in [5.74, 6) is -0.414. The van der Waals surface area contributed by atoms with Gasteiger partial charge in [0.25, 0.3) is 5.91 Å². The molecule has 0 radical (unpaired) electrons. The molecule has 2 N–H and O–H groups in total. The molecule has 0 unspecified atom stereocenters. The molecule has 0 aliphatic heterocycles. The number of hydrogen-bond donors (Lipinski definition) is 2. The largest absolute Gasteiger partial charge is 0.507 e. The second-order valence-corrected chi connectivity index (χ2v) is 4.70. The lowest BCUT2D eigenvalue weighted by molar-refractivity contribution is 0.0941. The van der Waals surface area contributed by atoms with Gasteiger partial charge in [0.1, 0.15) is 5.75 Å². The molecule has 0 bridgehead atoms. The molecule has 0 saturated carbocycles. The van der Waals surface area contributed by atoms with Crippen molar-refractivity contribution < 1.29 is 9.90 Å². The van der Waals surface area contributed by atoms with Crippen LogP contribution in [-0.2, 0) is 0 Å². The summed E-state index contributed by atoms with van der Waals surface area (Å²) in [6, 6.07) is 6.95. The molecule has 4 heteroatoms. The average Bonchev–Trinajstić information content (AvgIpc) is 2.26. The number of phenols is 1. The van der Waals surface area contributed by atoms with Gasteiger partial charge in [-0.15, -0.1) is 0 Å². The number of nitrogens with zero attached hydrogens (tertiary/aromatic N) is 1. The van der Waals surface area contributed by atoms with Gasteiger partial charge in [0.05, 0.1) is 17.0 Å². The Balaban J connectivity index is 2.75. The lowest BCUT2D eigenvalue weighted by Crippen LogP contribution is -2.33. The van der Waals surface area contributed by atoms with Gasteiger partial charge in [-0.3, -0.25) is 4.79 Å². The van der Waals surface area contributed by atoms with Crippen molar-refractivity contribution in [3.63, 3.8) is 0 Å². The van der Waals surface area contributed by atoms with Crippen molar-refractivity contribution in [2.75, 3.05) is 6.54 Å². The van der Waals surface area contributed by atoms with E-state index in [9.17, 15) is 9.90 Å². The van der Waals surface area contributed by atoms with Crippen LogP contribution in [0.1, 0.15) is 29.8 Å². The summed E-state index contributed by atoms with van der Waals surface area (Å²) in [5, 5.41) is 21.1. The molecule has 0 spiro atoms. The summed E-state index contributed by atoms with van der Waals surface area (Å²) < 4.78 is 0. The molecule has 0 aliphatic carbocycles. The smallest absolute Gasteiger partial charge is 0.255 e. The van der Waals surface area contributed by atoms with Crippen molar-refractivity contribution in [1.82, 2.24) is 5.32 Å². The third kappa shape index (κ3) is 3.49. The first kappa shape index (κ1) is 13.0. The van der Waals surface area contributed by atoms with Crippen LogP contribution in [-0.4, -0.2) is 17.6 Å². The van der Waals surface area contributed by atoms with Crippen LogP contribution in [0.2, 0.25) is 0 Å². The number of phenolic OH excluding ortho intramolecular Hbond substituents is 1. The summed E-state index contributed by atoms with van der Waals surface area (Å²) in [5.41, 5.74) is 0.497. The van der Waals surface area contributed by atoms with Gasteiger partial charge in [-0.1, -0.05) is 6.07 Å². The van der Waals surface area contributed by atoms with Crippen molar-refractivity contribution in [2.45, 2.75) is 20.8 Å². The highest BCUT2D eigenvalue weighted by Crippen LogP contribution is 2.19. The molecule has 1 amide bonds. The predicted molar refractivity (Wildman–Crippen MR) is 64.6 cm³/mol. The Morgan fingerprint density at radius 3 is 2.71 bits per heavy atom. The number of rotatable bonds is 3. The van der Waals surface area contributed by atoms with Gasteiger partial charge >= 0.3 is 0 Å². The van der Waals surface area contributed by atoms with Gasteiger partial charge in [0.2, 0.25) is 0 Å². The van der Waals surface area contributed by atoms with E-state index in [1.807, 2.05) is 6.92 Å². The molecule has 1 rings (SSSR count). The third-order valence-corrected chi connectivity index (χ3v) is 2.39. The molecule has 0 fully saturated rings. The molecule has 0 heterocycles. The van der Waals surface area contributed by atoms with E-state index in [1.54, 1.807) is 26.0 Å². The molecule has 0 saturated heterocycles. The van der Waals surface area contributed by atoms with E-state index in [-0.39, 0.29) is 23.8 Å². The average molecular weight is 232 g/mol. The van der Waals surface area contributed by atoms with Gasteiger partial charge < -0.3 is 10.4 Å². The minimum atomic E-state index is -0.615. The molecule has 4 nitrogen and oxygen atoms in total. The number of carbonyl (C=O) groups is 1. The van der Waals surface area contributed by atoms with Crippen LogP contribution in [0.4, 0.5) is 0 Å². The Hall–Kier alpha value is -2.02. The summed E-state index contributed by atoms with van der Waals surface area (Å²) in [6.45, 7) is 5.56. The van der Waals surface area contributed by atoms with Gasteiger partial charge in [0.15, 0.2) is 0 Å². The van der Waals surface area contributed by atoms with Crippen LogP contribution in [0.15, 0.2) is 18.2 Å². The highest BCUT2D eigenvalue weighted by Gasteiger charge is 2.19. The Bertz CT molecular complexity index is 473. The van der Waals surface area contributed by atoms with Crippen molar-refractivity contribution in [3.05, 3.63) is 29.3 Å². The molecular formula is C13H16N2O2.